The minimum Gasteiger partial charge on any atom is -0.480 e. The number of halogens is 1. The van der Waals surface area contributed by atoms with Crippen molar-refractivity contribution < 1.29 is 13.2 Å². The minimum atomic E-state index is -3.95. The molecule has 0 aliphatic rings. The van der Waals surface area contributed by atoms with Crippen LogP contribution in [0.2, 0.25) is 5.02 Å². The maximum Gasteiger partial charge on any atom is 0.276 e. The molecule has 0 spiro atoms. The number of hydrogen-bond donors (Lipinski definition) is 2. The molecule has 4 aromatic rings. The van der Waals surface area contributed by atoms with Crippen LogP contribution in [-0.2, 0) is 10.0 Å². The molecule has 4 rings (SSSR count). The van der Waals surface area contributed by atoms with Crippen LogP contribution in [0, 0.1) is 0 Å². The summed E-state index contributed by atoms with van der Waals surface area (Å²) in [5, 5.41) is 0.109. The molecule has 0 saturated heterocycles. The number of fused-ring (bicyclic) bond motifs is 1. The van der Waals surface area contributed by atoms with Gasteiger partial charge in [0.25, 0.3) is 15.6 Å². The predicted molar refractivity (Wildman–Crippen MR) is 114 cm³/mol. The number of ether oxygens (including phenoxy) is 1. The Kier molecular flexibility index (Phi) is 5.05. The summed E-state index contributed by atoms with van der Waals surface area (Å²) in [6.45, 7) is 0. The monoisotopic (exact) mass is 464 g/mol. The summed E-state index contributed by atoms with van der Waals surface area (Å²) in [7, 11) is -2.58. The van der Waals surface area contributed by atoms with Gasteiger partial charge in [-0.25, -0.2) is 23.4 Å². The molecule has 4 aromatic heterocycles. The highest BCUT2D eigenvalue weighted by molar-refractivity contribution is 7.94. The van der Waals surface area contributed by atoms with Gasteiger partial charge >= 0.3 is 0 Å². The molecular formula is C17H13ClN6O4S2. The van der Waals surface area contributed by atoms with Gasteiger partial charge in [-0.1, -0.05) is 22.9 Å². The molecule has 4 heterocycles. The van der Waals surface area contributed by atoms with Crippen molar-refractivity contribution in [2.75, 3.05) is 17.6 Å². The Morgan fingerprint density at radius 3 is 2.67 bits per heavy atom. The van der Waals surface area contributed by atoms with Crippen LogP contribution in [-0.4, -0.2) is 34.9 Å². The van der Waals surface area contributed by atoms with Gasteiger partial charge in [-0.3, -0.25) is 13.9 Å². The third-order valence-corrected chi connectivity index (χ3v) is 6.96. The fraction of sp³-hybridized carbons (Fsp3) is 0.0588. The molecule has 0 amide bonds. The molecule has 0 atom stereocenters. The predicted octanol–water partition coefficient (Wildman–Crippen LogP) is 2.26. The summed E-state index contributed by atoms with van der Waals surface area (Å²) >= 11 is 6.70. The number of nitrogen functional groups attached to an aromatic ring is 1. The van der Waals surface area contributed by atoms with Crippen LogP contribution in [0.5, 0.6) is 5.88 Å². The maximum absolute atomic E-state index is 12.6. The SMILES string of the molecule is COc1ncc(-c2ccc3ncc(Cl)c(=O)n3c2)cc1NS(=O)(=O)c1cnc(N)s1. The van der Waals surface area contributed by atoms with Crippen molar-refractivity contribution in [3.63, 3.8) is 0 Å². The first kappa shape index (κ1) is 20.1. The highest BCUT2D eigenvalue weighted by Crippen LogP contribution is 2.31. The molecule has 30 heavy (non-hydrogen) atoms. The molecule has 0 aromatic carbocycles. The maximum atomic E-state index is 12.6. The van der Waals surface area contributed by atoms with Crippen molar-refractivity contribution in [3.8, 4) is 17.0 Å². The van der Waals surface area contributed by atoms with Gasteiger partial charge in [-0.15, -0.1) is 0 Å². The van der Waals surface area contributed by atoms with E-state index in [1.807, 2.05) is 0 Å². The molecule has 0 unspecified atom stereocenters. The fourth-order valence-corrected chi connectivity index (χ4v) is 4.77. The lowest BCUT2D eigenvalue weighted by Crippen LogP contribution is -2.15. The van der Waals surface area contributed by atoms with Crippen LogP contribution in [0.4, 0.5) is 10.8 Å². The molecule has 0 aliphatic carbocycles. The smallest absolute Gasteiger partial charge is 0.276 e. The van der Waals surface area contributed by atoms with E-state index >= 15 is 0 Å². The van der Waals surface area contributed by atoms with E-state index in [9.17, 15) is 13.2 Å². The normalized spacial score (nSPS) is 11.5. The number of pyridine rings is 2. The molecule has 0 aliphatic heterocycles. The highest BCUT2D eigenvalue weighted by atomic mass is 35.5. The number of aromatic nitrogens is 4. The average molecular weight is 465 g/mol. The summed E-state index contributed by atoms with van der Waals surface area (Å²) in [5.74, 6) is 0.0717. The molecule has 154 valence electrons. The molecule has 0 fully saturated rings. The number of nitrogens with one attached hydrogen (secondary N) is 1. The number of thiazole rings is 1. The Balaban J connectivity index is 1.79. The number of methoxy groups -OCH3 is 1. The van der Waals surface area contributed by atoms with Gasteiger partial charge in [0.2, 0.25) is 5.88 Å². The summed E-state index contributed by atoms with van der Waals surface area (Å²) in [5.41, 5.74) is 6.75. The van der Waals surface area contributed by atoms with Gasteiger partial charge in [0.05, 0.1) is 19.5 Å². The van der Waals surface area contributed by atoms with Crippen LogP contribution >= 0.6 is 22.9 Å². The van der Waals surface area contributed by atoms with Gasteiger partial charge in [-0.05, 0) is 18.2 Å². The van der Waals surface area contributed by atoms with Crippen molar-refractivity contribution in [2.24, 2.45) is 0 Å². The second-order valence-corrected chi connectivity index (χ2v) is 9.34. The van der Waals surface area contributed by atoms with E-state index in [1.165, 1.54) is 36.2 Å². The van der Waals surface area contributed by atoms with Gasteiger partial charge in [0.1, 0.15) is 16.4 Å². The van der Waals surface area contributed by atoms with E-state index < -0.39 is 15.6 Å². The lowest BCUT2D eigenvalue weighted by atomic mass is 10.1. The minimum absolute atomic E-state index is 0.0187. The summed E-state index contributed by atoms with van der Waals surface area (Å²) in [4.78, 5) is 24.3. The molecule has 3 N–H and O–H groups in total. The summed E-state index contributed by atoms with van der Waals surface area (Å²) in [6.07, 6.45) is 5.49. The average Bonchev–Trinajstić information content (AvgIpc) is 3.18. The van der Waals surface area contributed by atoms with E-state index in [2.05, 4.69) is 19.7 Å². The van der Waals surface area contributed by atoms with Crippen LogP contribution in [0.25, 0.3) is 16.8 Å². The van der Waals surface area contributed by atoms with Crippen molar-refractivity contribution >= 4 is 49.4 Å². The van der Waals surface area contributed by atoms with Gasteiger partial charge in [0, 0.05) is 23.5 Å². The van der Waals surface area contributed by atoms with Gasteiger partial charge in [-0.2, -0.15) is 0 Å². The van der Waals surface area contributed by atoms with E-state index in [-0.39, 0.29) is 25.9 Å². The van der Waals surface area contributed by atoms with Crippen LogP contribution in [0.15, 0.2) is 52.0 Å². The van der Waals surface area contributed by atoms with Crippen molar-refractivity contribution in [2.45, 2.75) is 4.21 Å². The second kappa shape index (κ2) is 7.55. The Hall–Kier alpha value is -3.22. The first-order valence-electron chi connectivity index (χ1n) is 8.24. The van der Waals surface area contributed by atoms with Crippen LogP contribution in [0.1, 0.15) is 0 Å². The van der Waals surface area contributed by atoms with E-state index in [0.29, 0.717) is 16.8 Å². The Morgan fingerprint density at radius 2 is 1.97 bits per heavy atom. The zero-order chi connectivity index (χ0) is 21.5. The first-order chi connectivity index (χ1) is 14.3. The number of hydrogen-bond acceptors (Lipinski definition) is 9. The van der Waals surface area contributed by atoms with Gasteiger partial charge in [0.15, 0.2) is 9.34 Å². The lowest BCUT2D eigenvalue weighted by Gasteiger charge is -2.12. The number of nitrogens with zero attached hydrogens (tertiary/aromatic N) is 4. The third kappa shape index (κ3) is 3.67. The number of anilines is 2. The van der Waals surface area contributed by atoms with Crippen LogP contribution < -0.4 is 20.8 Å². The first-order valence-corrected chi connectivity index (χ1v) is 10.9. The highest BCUT2D eigenvalue weighted by Gasteiger charge is 2.20. The third-order valence-electron chi connectivity index (χ3n) is 4.05. The second-order valence-electron chi connectivity index (χ2n) is 5.96. The van der Waals surface area contributed by atoms with E-state index in [0.717, 1.165) is 11.3 Å². The van der Waals surface area contributed by atoms with Crippen LogP contribution in [0.3, 0.4) is 0 Å². The summed E-state index contributed by atoms with van der Waals surface area (Å²) < 4.78 is 34.1. The number of rotatable bonds is 5. The number of nitrogens with two attached hydrogens (primary N) is 1. The van der Waals surface area contributed by atoms with Crippen molar-refractivity contribution in [3.05, 3.63) is 58.4 Å². The quantitative estimate of drug-likeness (QED) is 0.458. The van der Waals surface area contributed by atoms with E-state index in [4.69, 9.17) is 22.1 Å². The number of sulfonamides is 1. The molecule has 0 radical (unpaired) electrons. The standard InChI is InChI=1S/C17H13ClN6O4S2/c1-28-15-12(23-30(26,27)14-7-22-17(19)29-14)4-10(5-21-15)9-2-3-13-20-6-11(18)16(25)24(13)8-9/h2-8,23H,1H3,(H2,19,22). The Bertz CT molecular complexity index is 1430. The molecule has 10 nitrogen and oxygen atoms in total. The Morgan fingerprint density at radius 1 is 1.17 bits per heavy atom. The Labute approximate surface area is 179 Å². The summed E-state index contributed by atoms with van der Waals surface area (Å²) in [6, 6.07) is 4.90. The van der Waals surface area contributed by atoms with Gasteiger partial charge < -0.3 is 10.5 Å². The topological polar surface area (TPSA) is 142 Å². The zero-order valence-corrected chi connectivity index (χ0v) is 17.6. The fourth-order valence-electron chi connectivity index (χ4n) is 2.66. The molecule has 13 heteroatoms. The largest absolute Gasteiger partial charge is 0.480 e. The molecule has 0 bridgehead atoms. The van der Waals surface area contributed by atoms with Crippen molar-refractivity contribution in [1.82, 2.24) is 19.4 Å². The zero-order valence-electron chi connectivity index (χ0n) is 15.2. The lowest BCUT2D eigenvalue weighted by molar-refractivity contribution is 0.400. The van der Waals surface area contributed by atoms with Crippen molar-refractivity contribution in [1.29, 1.82) is 0 Å². The van der Waals surface area contributed by atoms with E-state index in [1.54, 1.807) is 18.3 Å². The molecular weight excluding hydrogens is 452 g/mol. The molecule has 0 saturated carbocycles.